The number of aromatic hydroxyl groups is 1. The highest BCUT2D eigenvalue weighted by molar-refractivity contribution is 5.50. The smallest absolute Gasteiger partial charge is 0.203 e. The third-order valence-corrected chi connectivity index (χ3v) is 3.44. The molecule has 2 atom stereocenters. The van der Waals surface area contributed by atoms with Crippen molar-refractivity contribution in [1.29, 1.82) is 0 Å². The summed E-state index contributed by atoms with van der Waals surface area (Å²) in [6, 6.07) is 5.06. The highest BCUT2D eigenvalue weighted by atomic mass is 16.5. The minimum absolute atomic E-state index is 0.0368. The molecule has 0 aliphatic rings. The summed E-state index contributed by atoms with van der Waals surface area (Å²) in [4.78, 5) is 0. The second-order valence-corrected chi connectivity index (χ2v) is 5.49. The Kier molecular flexibility index (Phi) is 7.98. The summed E-state index contributed by atoms with van der Waals surface area (Å²) in [5.74, 6) is 1.39. The van der Waals surface area contributed by atoms with Gasteiger partial charge in [0.15, 0.2) is 11.5 Å². The molecule has 0 fully saturated rings. The Morgan fingerprint density at radius 1 is 1.14 bits per heavy atom. The number of unbranched alkanes of at least 4 members (excludes halogenated alkanes) is 1. The highest BCUT2D eigenvalue weighted by Gasteiger charge is 2.14. The number of para-hydroxylation sites is 1. The summed E-state index contributed by atoms with van der Waals surface area (Å²) in [5, 5.41) is 19.2. The van der Waals surface area contributed by atoms with Gasteiger partial charge in [-0.3, -0.25) is 0 Å². The van der Waals surface area contributed by atoms with E-state index in [1.807, 2.05) is 0 Å². The molecule has 2 N–H and O–H groups in total. The molecule has 120 valence electrons. The predicted octanol–water partition coefficient (Wildman–Crippen LogP) is 3.75. The fourth-order valence-electron chi connectivity index (χ4n) is 2.07. The molecular formula is C17H28O4. The number of phenolic OH excluding ortho intramolecular Hbond substituents is 1. The van der Waals surface area contributed by atoms with E-state index in [1.165, 1.54) is 12.8 Å². The molecular weight excluding hydrogens is 268 g/mol. The highest BCUT2D eigenvalue weighted by Crippen LogP contribution is 2.36. The summed E-state index contributed by atoms with van der Waals surface area (Å²) in [7, 11) is 0. The Labute approximate surface area is 127 Å². The molecule has 4 heteroatoms. The van der Waals surface area contributed by atoms with Gasteiger partial charge < -0.3 is 19.7 Å². The maximum absolute atomic E-state index is 9.88. The van der Waals surface area contributed by atoms with Gasteiger partial charge in [-0.1, -0.05) is 39.2 Å². The Balaban J connectivity index is 2.66. The van der Waals surface area contributed by atoms with Crippen molar-refractivity contribution in [3.8, 4) is 17.2 Å². The van der Waals surface area contributed by atoms with E-state index in [0.717, 1.165) is 12.8 Å². The first-order valence-electron chi connectivity index (χ1n) is 7.84. The van der Waals surface area contributed by atoms with E-state index in [-0.39, 0.29) is 12.4 Å². The van der Waals surface area contributed by atoms with Crippen molar-refractivity contribution in [3.63, 3.8) is 0 Å². The number of hydrogen-bond donors (Lipinski definition) is 2. The van der Waals surface area contributed by atoms with E-state index in [4.69, 9.17) is 9.47 Å². The lowest BCUT2D eigenvalue weighted by Gasteiger charge is -2.18. The second kappa shape index (κ2) is 9.50. The molecule has 0 heterocycles. The topological polar surface area (TPSA) is 58.9 Å². The SMILES string of the molecule is CCCCC(CC)COc1cccc(O)c1OCC(C)O. The van der Waals surface area contributed by atoms with Gasteiger partial charge in [-0.2, -0.15) is 0 Å². The van der Waals surface area contributed by atoms with E-state index in [2.05, 4.69) is 13.8 Å². The lowest BCUT2D eigenvalue weighted by Crippen LogP contribution is -2.15. The number of phenols is 1. The van der Waals surface area contributed by atoms with Gasteiger partial charge in [-0.15, -0.1) is 0 Å². The third kappa shape index (κ3) is 6.25. The first-order valence-corrected chi connectivity index (χ1v) is 7.84. The van der Waals surface area contributed by atoms with Crippen LogP contribution >= 0.6 is 0 Å². The van der Waals surface area contributed by atoms with Gasteiger partial charge in [0.1, 0.15) is 6.61 Å². The molecule has 2 unspecified atom stereocenters. The number of hydrogen-bond acceptors (Lipinski definition) is 4. The Morgan fingerprint density at radius 2 is 1.90 bits per heavy atom. The standard InChI is InChI=1S/C17H28O4/c1-4-6-8-14(5-2)12-20-16-10-7-9-15(19)17(16)21-11-13(3)18/h7,9-10,13-14,18-19H,4-6,8,11-12H2,1-3H3. The molecule has 0 bridgehead atoms. The summed E-state index contributed by atoms with van der Waals surface area (Å²) in [6.45, 7) is 6.73. The van der Waals surface area contributed by atoms with E-state index in [1.54, 1.807) is 25.1 Å². The number of aliphatic hydroxyl groups excluding tert-OH is 1. The van der Waals surface area contributed by atoms with Gasteiger partial charge in [-0.25, -0.2) is 0 Å². The number of ether oxygens (including phenoxy) is 2. The summed E-state index contributed by atoms with van der Waals surface area (Å²) < 4.78 is 11.3. The molecule has 0 radical (unpaired) electrons. The van der Waals surface area contributed by atoms with Crippen molar-refractivity contribution in [3.05, 3.63) is 18.2 Å². The Morgan fingerprint density at radius 3 is 2.52 bits per heavy atom. The van der Waals surface area contributed by atoms with Crippen molar-refractivity contribution in [2.24, 2.45) is 5.92 Å². The van der Waals surface area contributed by atoms with Crippen molar-refractivity contribution >= 4 is 0 Å². The minimum Gasteiger partial charge on any atom is -0.504 e. The molecule has 21 heavy (non-hydrogen) atoms. The normalized spacial score (nSPS) is 13.7. The lowest BCUT2D eigenvalue weighted by molar-refractivity contribution is 0.116. The van der Waals surface area contributed by atoms with Crippen molar-refractivity contribution in [2.75, 3.05) is 13.2 Å². The van der Waals surface area contributed by atoms with Crippen LogP contribution in [0.15, 0.2) is 18.2 Å². The molecule has 0 aromatic heterocycles. The first-order chi connectivity index (χ1) is 10.1. The summed E-state index contributed by atoms with van der Waals surface area (Å²) >= 11 is 0. The monoisotopic (exact) mass is 296 g/mol. The van der Waals surface area contributed by atoms with E-state index in [0.29, 0.717) is 24.0 Å². The van der Waals surface area contributed by atoms with Crippen LogP contribution < -0.4 is 9.47 Å². The fourth-order valence-corrected chi connectivity index (χ4v) is 2.07. The first kappa shape index (κ1) is 17.6. The second-order valence-electron chi connectivity index (χ2n) is 5.49. The number of benzene rings is 1. The largest absolute Gasteiger partial charge is 0.504 e. The maximum Gasteiger partial charge on any atom is 0.203 e. The molecule has 1 aromatic carbocycles. The van der Waals surface area contributed by atoms with Crippen LogP contribution in [0.1, 0.15) is 46.5 Å². The zero-order chi connectivity index (χ0) is 15.7. The van der Waals surface area contributed by atoms with Gasteiger partial charge in [0.25, 0.3) is 0 Å². The average Bonchev–Trinajstić information content (AvgIpc) is 2.46. The zero-order valence-corrected chi connectivity index (χ0v) is 13.3. The van der Waals surface area contributed by atoms with Gasteiger partial charge >= 0.3 is 0 Å². The van der Waals surface area contributed by atoms with Crippen LogP contribution in [-0.4, -0.2) is 29.5 Å². The van der Waals surface area contributed by atoms with E-state index < -0.39 is 6.10 Å². The van der Waals surface area contributed by atoms with E-state index >= 15 is 0 Å². The van der Waals surface area contributed by atoms with Crippen LogP contribution in [0, 0.1) is 5.92 Å². The molecule has 1 aromatic rings. The van der Waals surface area contributed by atoms with Crippen molar-refractivity contribution < 1.29 is 19.7 Å². The van der Waals surface area contributed by atoms with Crippen LogP contribution in [0.5, 0.6) is 17.2 Å². The van der Waals surface area contributed by atoms with Crippen LogP contribution in [0.4, 0.5) is 0 Å². The lowest BCUT2D eigenvalue weighted by atomic mass is 10.0. The molecule has 0 saturated heterocycles. The van der Waals surface area contributed by atoms with Gasteiger partial charge in [0.2, 0.25) is 5.75 Å². The minimum atomic E-state index is -0.592. The van der Waals surface area contributed by atoms with Gasteiger partial charge in [0.05, 0.1) is 12.7 Å². The van der Waals surface area contributed by atoms with Gasteiger partial charge in [0, 0.05) is 0 Å². The molecule has 0 aliphatic carbocycles. The van der Waals surface area contributed by atoms with Crippen molar-refractivity contribution in [1.82, 2.24) is 0 Å². The Hall–Kier alpha value is -1.42. The average molecular weight is 296 g/mol. The molecule has 0 spiro atoms. The van der Waals surface area contributed by atoms with Crippen LogP contribution in [-0.2, 0) is 0 Å². The third-order valence-electron chi connectivity index (χ3n) is 3.44. The number of rotatable bonds is 10. The molecule has 0 amide bonds. The zero-order valence-electron chi connectivity index (χ0n) is 13.3. The van der Waals surface area contributed by atoms with Crippen molar-refractivity contribution in [2.45, 2.75) is 52.6 Å². The number of aliphatic hydroxyl groups is 1. The molecule has 0 saturated carbocycles. The van der Waals surface area contributed by atoms with Crippen LogP contribution in [0.2, 0.25) is 0 Å². The fraction of sp³-hybridized carbons (Fsp3) is 0.647. The molecule has 4 nitrogen and oxygen atoms in total. The molecule has 1 rings (SSSR count). The molecule has 0 aliphatic heterocycles. The summed E-state index contributed by atoms with van der Waals surface area (Å²) in [5.41, 5.74) is 0. The van der Waals surface area contributed by atoms with Gasteiger partial charge in [-0.05, 0) is 31.4 Å². The summed E-state index contributed by atoms with van der Waals surface area (Å²) in [6.07, 6.45) is 4.02. The van der Waals surface area contributed by atoms with E-state index in [9.17, 15) is 10.2 Å². The maximum atomic E-state index is 9.88. The predicted molar refractivity (Wildman–Crippen MR) is 84.1 cm³/mol. The van der Waals surface area contributed by atoms with Crippen LogP contribution in [0.25, 0.3) is 0 Å². The quantitative estimate of drug-likeness (QED) is 0.690. The Bertz CT molecular complexity index is 404. The van der Waals surface area contributed by atoms with Crippen LogP contribution in [0.3, 0.4) is 0 Å².